The largest absolute Gasteiger partial charge is 0.480 e. The number of hydroxylamine groups is 2. The van der Waals surface area contributed by atoms with Gasteiger partial charge in [0.1, 0.15) is 22.9 Å². The van der Waals surface area contributed by atoms with E-state index in [1.54, 1.807) is 25.0 Å². The van der Waals surface area contributed by atoms with Gasteiger partial charge < -0.3 is 5.11 Å². The average Bonchev–Trinajstić information content (AvgIpc) is 3.40. The summed E-state index contributed by atoms with van der Waals surface area (Å²) in [6.07, 6.45) is 3.46. The number of aromatic nitrogens is 3. The summed E-state index contributed by atoms with van der Waals surface area (Å²) in [4.78, 5) is 29.6. The number of piperidine rings is 1. The quantitative estimate of drug-likeness (QED) is 0.611. The molecule has 0 radical (unpaired) electrons. The van der Waals surface area contributed by atoms with Crippen molar-refractivity contribution in [2.24, 2.45) is 4.99 Å². The highest BCUT2D eigenvalue weighted by Gasteiger charge is 2.37. The molecule has 198 valence electrons. The van der Waals surface area contributed by atoms with Crippen LogP contribution in [-0.2, 0) is 9.63 Å². The number of likely N-dealkylation sites (tertiary alicyclic amines) is 1. The summed E-state index contributed by atoms with van der Waals surface area (Å²) in [6, 6.07) is 3.57. The molecule has 1 aromatic carbocycles. The second-order valence-corrected chi connectivity index (χ2v) is 11.8. The van der Waals surface area contributed by atoms with E-state index in [2.05, 4.69) is 23.9 Å². The van der Waals surface area contributed by atoms with Crippen molar-refractivity contribution in [3.63, 3.8) is 0 Å². The predicted molar refractivity (Wildman–Crippen MR) is 140 cm³/mol. The number of hydrogen-bond acceptors (Lipinski definition) is 8. The molecule has 11 heteroatoms. The van der Waals surface area contributed by atoms with E-state index in [1.165, 1.54) is 11.8 Å². The maximum absolute atomic E-state index is 15.2. The minimum absolute atomic E-state index is 0.135. The van der Waals surface area contributed by atoms with E-state index in [9.17, 15) is 9.90 Å². The van der Waals surface area contributed by atoms with E-state index in [4.69, 9.17) is 9.83 Å². The first kappa shape index (κ1) is 25.9. The van der Waals surface area contributed by atoms with Crippen LogP contribution in [0, 0.1) is 12.7 Å². The van der Waals surface area contributed by atoms with Crippen molar-refractivity contribution in [2.45, 2.75) is 69.2 Å². The first-order valence-electron chi connectivity index (χ1n) is 12.6. The van der Waals surface area contributed by atoms with Crippen molar-refractivity contribution in [2.75, 3.05) is 26.2 Å². The SMILES string of the molecule is Cc1nc(C2=NC3=c4cc(SC5CCN(C(C)(C)C(=O)O)CC5)c(F)cc4=CCON3C2)n(C(C)C)n1. The molecule has 0 atom stereocenters. The highest BCUT2D eigenvalue weighted by Crippen LogP contribution is 2.33. The fourth-order valence-electron chi connectivity index (χ4n) is 4.92. The second kappa shape index (κ2) is 9.85. The first-order valence-corrected chi connectivity index (χ1v) is 13.5. The Bertz CT molecular complexity index is 1380. The molecule has 1 fully saturated rings. The predicted octanol–water partition coefficient (Wildman–Crippen LogP) is 2.32. The van der Waals surface area contributed by atoms with E-state index >= 15 is 4.39 Å². The van der Waals surface area contributed by atoms with E-state index in [0.29, 0.717) is 42.8 Å². The third-order valence-electron chi connectivity index (χ3n) is 7.18. The normalized spacial score (nSPS) is 18.9. The average molecular weight is 529 g/mol. The van der Waals surface area contributed by atoms with E-state index in [0.717, 1.165) is 34.8 Å². The zero-order valence-electron chi connectivity index (χ0n) is 21.9. The molecule has 5 rings (SSSR count). The molecule has 3 aliphatic heterocycles. The van der Waals surface area contributed by atoms with Crippen molar-refractivity contribution in [1.82, 2.24) is 24.7 Å². The Morgan fingerprint density at radius 1 is 1.27 bits per heavy atom. The molecule has 0 saturated carbocycles. The minimum atomic E-state index is -0.905. The van der Waals surface area contributed by atoms with Gasteiger partial charge in [0.2, 0.25) is 0 Å². The Balaban J connectivity index is 1.46. The van der Waals surface area contributed by atoms with Crippen LogP contribution in [-0.4, -0.2) is 78.5 Å². The summed E-state index contributed by atoms with van der Waals surface area (Å²) in [5, 5.41) is 17.6. The van der Waals surface area contributed by atoms with Gasteiger partial charge in [-0.3, -0.25) is 14.5 Å². The zero-order valence-corrected chi connectivity index (χ0v) is 22.7. The molecular formula is C26H33FN6O3S. The molecule has 1 saturated heterocycles. The summed E-state index contributed by atoms with van der Waals surface area (Å²) >= 11 is 1.52. The maximum Gasteiger partial charge on any atom is 0.323 e. The van der Waals surface area contributed by atoms with Gasteiger partial charge in [-0.15, -0.1) is 11.8 Å². The minimum Gasteiger partial charge on any atom is -0.480 e. The van der Waals surface area contributed by atoms with Crippen LogP contribution in [0.15, 0.2) is 22.0 Å². The van der Waals surface area contributed by atoms with Gasteiger partial charge in [0, 0.05) is 34.5 Å². The van der Waals surface area contributed by atoms with Crippen LogP contribution in [0.4, 0.5) is 4.39 Å². The first-order chi connectivity index (χ1) is 17.5. The Morgan fingerprint density at radius 2 is 2.00 bits per heavy atom. The van der Waals surface area contributed by atoms with Crippen molar-refractivity contribution in [3.05, 3.63) is 40.0 Å². The number of carboxylic acid groups (broad SMARTS) is 1. The lowest BCUT2D eigenvalue weighted by Crippen LogP contribution is -2.53. The van der Waals surface area contributed by atoms with Crippen molar-refractivity contribution < 1.29 is 19.1 Å². The van der Waals surface area contributed by atoms with Crippen molar-refractivity contribution in [3.8, 4) is 0 Å². The molecule has 9 nitrogen and oxygen atoms in total. The number of benzene rings is 1. The van der Waals surface area contributed by atoms with Gasteiger partial charge in [-0.25, -0.2) is 24.1 Å². The van der Waals surface area contributed by atoms with E-state index in [-0.39, 0.29) is 17.1 Å². The van der Waals surface area contributed by atoms with Gasteiger partial charge in [0.25, 0.3) is 0 Å². The highest BCUT2D eigenvalue weighted by atomic mass is 32.2. The summed E-state index contributed by atoms with van der Waals surface area (Å²) < 4.78 is 17.1. The van der Waals surface area contributed by atoms with Crippen LogP contribution in [0.1, 0.15) is 58.2 Å². The molecule has 0 aliphatic carbocycles. The number of carboxylic acids is 1. The second-order valence-electron chi connectivity index (χ2n) is 10.5. The van der Waals surface area contributed by atoms with Gasteiger partial charge in [0.05, 0.1) is 13.2 Å². The summed E-state index contributed by atoms with van der Waals surface area (Å²) in [7, 11) is 0. The third-order valence-corrected chi connectivity index (χ3v) is 8.55. The monoisotopic (exact) mass is 528 g/mol. The number of halogens is 1. The third kappa shape index (κ3) is 4.92. The highest BCUT2D eigenvalue weighted by molar-refractivity contribution is 8.00. The molecule has 2 aromatic rings. The molecule has 3 aliphatic rings. The van der Waals surface area contributed by atoms with Crippen LogP contribution in [0.5, 0.6) is 0 Å². The number of rotatable bonds is 6. The van der Waals surface area contributed by atoms with E-state index < -0.39 is 11.5 Å². The number of fused-ring (bicyclic) bond motifs is 2. The van der Waals surface area contributed by atoms with Gasteiger partial charge in [-0.2, -0.15) is 5.10 Å². The lowest BCUT2D eigenvalue weighted by atomic mass is 9.99. The topological polar surface area (TPSA) is 96.1 Å². The number of carbonyl (C=O) groups is 1. The van der Waals surface area contributed by atoms with Gasteiger partial charge in [-0.1, -0.05) is 0 Å². The Hall–Kier alpha value is -2.76. The number of thioether (sulfide) groups is 1. The van der Waals surface area contributed by atoms with Crippen LogP contribution in [0.2, 0.25) is 0 Å². The van der Waals surface area contributed by atoms with Gasteiger partial charge in [0.15, 0.2) is 11.6 Å². The summed E-state index contributed by atoms with van der Waals surface area (Å²) in [5.74, 6) is 0.963. The molecular weight excluding hydrogens is 495 g/mol. The van der Waals surface area contributed by atoms with Crippen LogP contribution >= 0.6 is 11.8 Å². The summed E-state index contributed by atoms with van der Waals surface area (Å²) in [6.45, 7) is 11.5. The standard InChI is InChI=1S/C26H33FN6O3S/c1-15(2)33-24(28-16(3)30-33)21-14-32-23(29-21)19-13-22(20(27)12-17(19)8-11-36-32)37-18-6-9-31(10-7-18)26(4,5)25(34)35/h8,12-13,15,18H,6-7,9-11,14H2,1-5H3,(H,34,35). The van der Waals surface area contributed by atoms with Crippen LogP contribution < -0.4 is 10.4 Å². The number of nitrogens with zero attached hydrogens (tertiary/aromatic N) is 6. The fourth-order valence-corrected chi connectivity index (χ4v) is 6.09. The van der Waals surface area contributed by atoms with Crippen LogP contribution in [0.3, 0.4) is 0 Å². The lowest BCUT2D eigenvalue weighted by Gasteiger charge is -2.40. The van der Waals surface area contributed by atoms with Crippen molar-refractivity contribution in [1.29, 1.82) is 0 Å². The van der Waals surface area contributed by atoms with Gasteiger partial charge in [-0.05, 0) is 70.9 Å². The number of aliphatic imine (C=N–C) groups is 1. The molecule has 0 amide bonds. The molecule has 0 spiro atoms. The molecule has 0 bridgehead atoms. The fraction of sp³-hybridized carbons (Fsp3) is 0.538. The number of aryl methyl sites for hydroxylation is 1. The molecule has 1 aromatic heterocycles. The lowest BCUT2D eigenvalue weighted by molar-refractivity contribution is -0.149. The van der Waals surface area contributed by atoms with Crippen molar-refractivity contribution >= 4 is 35.3 Å². The maximum atomic E-state index is 15.2. The molecule has 0 unspecified atom stereocenters. The molecule has 37 heavy (non-hydrogen) atoms. The molecule has 1 N–H and O–H groups in total. The van der Waals surface area contributed by atoms with Gasteiger partial charge >= 0.3 is 5.97 Å². The van der Waals surface area contributed by atoms with Crippen LogP contribution in [0.25, 0.3) is 11.9 Å². The van der Waals surface area contributed by atoms with E-state index in [1.807, 2.05) is 28.6 Å². The Morgan fingerprint density at radius 3 is 2.68 bits per heavy atom. The zero-order chi connectivity index (χ0) is 26.5. The summed E-state index contributed by atoms with van der Waals surface area (Å²) in [5.41, 5.74) is -0.138. The smallest absolute Gasteiger partial charge is 0.323 e. The number of aliphatic carboxylic acids is 1. The Kier molecular flexibility index (Phi) is 6.88. The number of hydrogen-bond donors (Lipinski definition) is 1. The molecule has 4 heterocycles. The Labute approximate surface area is 219 Å².